The van der Waals surface area contributed by atoms with Crippen LogP contribution in [0, 0.1) is 10.8 Å². The number of guanidine groups is 4. The zero-order valence-corrected chi connectivity index (χ0v) is 33.3. The molecule has 0 amide bonds. The van der Waals surface area contributed by atoms with Crippen molar-refractivity contribution in [1.29, 1.82) is 10.8 Å². The van der Waals surface area contributed by atoms with Crippen molar-refractivity contribution in [3.05, 3.63) is 77.4 Å². The number of rotatable bonds is 4. The fraction of sp³-hybridized carbons (Fsp3) is 0.286. The van der Waals surface area contributed by atoms with E-state index in [1.165, 1.54) is 40.6 Å². The molecule has 0 radical (unpaired) electrons. The molecular weight excluding hydrogens is 815 g/mol. The van der Waals surface area contributed by atoms with Gasteiger partial charge in [0, 0.05) is 70.7 Å². The minimum Gasteiger partial charge on any atom is -0.493 e. The van der Waals surface area contributed by atoms with Crippen molar-refractivity contribution < 1.29 is 43.9 Å². The van der Waals surface area contributed by atoms with Crippen LogP contribution in [0.25, 0.3) is 33.3 Å². The number of nitrogens with two attached hydrogens (primary N) is 4. The van der Waals surface area contributed by atoms with E-state index >= 15 is 0 Å². The number of hydrogen-bond donors (Lipinski definition) is 10. The molecule has 0 aliphatic rings. The number of aromatic amines is 4. The molecule has 308 valence electrons. The molecule has 0 saturated carbocycles. The second kappa shape index (κ2) is 27.4. The van der Waals surface area contributed by atoms with Crippen molar-refractivity contribution in [3.8, 4) is 23.0 Å². The molecule has 55 heavy (non-hydrogen) atoms. The summed E-state index contributed by atoms with van der Waals surface area (Å²) in [6, 6.07) is 6.13. The smallest absolute Gasteiger partial charge is 0.493 e. The molecule has 0 saturated heterocycles. The molecule has 0 atom stereocenters. The normalized spacial score (nSPS) is 10.1. The molecule has 4 rings (SSSR count). The number of hydrogen-bond acceptors (Lipinski definition) is 12. The molecule has 0 bridgehead atoms. The van der Waals surface area contributed by atoms with E-state index in [1.807, 2.05) is 0 Å². The number of aliphatic imine (C=N–C) groups is 2. The summed E-state index contributed by atoms with van der Waals surface area (Å²) in [4.78, 5) is 60.4. The van der Waals surface area contributed by atoms with Gasteiger partial charge >= 0.3 is 27.9 Å². The minimum absolute atomic E-state index is 0. The van der Waals surface area contributed by atoms with Crippen LogP contribution in [-0.4, -0.2) is 106 Å². The van der Waals surface area contributed by atoms with Gasteiger partial charge in [-0.3, -0.25) is 38.8 Å². The molecule has 0 fully saturated rings. The van der Waals surface area contributed by atoms with Crippen molar-refractivity contribution in [2.45, 2.75) is 0 Å². The number of ether oxygens (including phenoxy) is 4. The molecule has 0 aliphatic heterocycles. The number of methoxy groups -OCH3 is 4. The van der Waals surface area contributed by atoms with Crippen LogP contribution in [0.15, 0.2) is 53.4 Å². The largest absolute Gasteiger partial charge is 2.00 e. The molecule has 0 unspecified atom stereocenters. The quantitative estimate of drug-likeness (QED) is 0.0665. The molecular formula is C28H44N14NiO10S2. The fourth-order valence-electron chi connectivity index (χ4n) is 3.25. The van der Waals surface area contributed by atoms with Crippen LogP contribution in [0.3, 0.4) is 0 Å². The van der Waals surface area contributed by atoms with Gasteiger partial charge in [-0.05, 0) is 12.1 Å². The summed E-state index contributed by atoms with van der Waals surface area (Å²) in [5.74, 6) is 0.0348. The fourth-order valence-corrected chi connectivity index (χ4v) is 3.25. The van der Waals surface area contributed by atoms with Gasteiger partial charge in [-0.2, -0.15) is 0 Å². The number of benzene rings is 2. The Hall–Kier alpha value is -6.21. The van der Waals surface area contributed by atoms with Crippen LogP contribution in [0.5, 0.6) is 23.0 Å². The van der Waals surface area contributed by atoms with Crippen LogP contribution in [0.4, 0.5) is 0 Å². The van der Waals surface area contributed by atoms with Gasteiger partial charge in [-0.25, -0.2) is 9.59 Å². The minimum atomic E-state index is -0.611. The predicted octanol–water partition coefficient (Wildman–Crippen LogP) is -1.05. The summed E-state index contributed by atoms with van der Waals surface area (Å²) < 4.78 is 39.4. The summed E-state index contributed by atoms with van der Waals surface area (Å²) in [5, 5.41) is 13.5. The molecule has 2 heterocycles. The number of nitrogens with zero attached hydrogens (tertiary/aromatic N) is 2. The van der Waals surface area contributed by atoms with Crippen molar-refractivity contribution in [2.24, 2.45) is 32.9 Å². The molecule has 24 nitrogen and oxygen atoms in total. The van der Waals surface area contributed by atoms with Gasteiger partial charge in [0.1, 0.15) is 11.9 Å². The standard InChI is InChI=1S/2C10H10N2O4.2C2H6N5.2C2H6OS.Ni/c2*1-15-7-3-5-6(4-8(7)16-2)11-10(14)12-9(5)13;2*3-1(4)7-2(5)6;2*1-4(2)3;/h2*3-4H,1-2H3,(H2,11,12,13,14);2*(H6-,3,4,5,6,7);2*1-2H3;/q;;2*-1;;;+2. The van der Waals surface area contributed by atoms with Crippen LogP contribution in [0.1, 0.15) is 0 Å². The Morgan fingerprint density at radius 2 is 0.818 bits per heavy atom. The van der Waals surface area contributed by atoms with E-state index in [0.717, 1.165) is 0 Å². The van der Waals surface area contributed by atoms with E-state index in [9.17, 15) is 27.6 Å². The van der Waals surface area contributed by atoms with E-state index in [0.29, 0.717) is 44.8 Å². The average molecular weight is 860 g/mol. The number of H-pyrrole nitrogens is 4. The molecule has 0 aliphatic carbocycles. The van der Waals surface area contributed by atoms with Crippen LogP contribution in [0.2, 0.25) is 0 Å². The van der Waals surface area contributed by atoms with Gasteiger partial charge in [-0.15, -0.1) is 0 Å². The maximum absolute atomic E-state index is 11.5. The first kappa shape index (κ1) is 53.1. The average Bonchev–Trinajstić information content (AvgIpc) is 3.02. The number of fused-ring (bicyclic) bond motifs is 2. The molecule has 2 aromatic carbocycles. The van der Waals surface area contributed by atoms with Gasteiger partial charge in [0.05, 0.1) is 50.2 Å². The zero-order chi connectivity index (χ0) is 42.3. The van der Waals surface area contributed by atoms with Gasteiger partial charge in [0.15, 0.2) is 23.0 Å². The second-order valence-electron chi connectivity index (χ2n) is 9.57. The molecule has 0 spiro atoms. The first-order valence-electron chi connectivity index (χ1n) is 14.1. The predicted molar refractivity (Wildman–Crippen MR) is 212 cm³/mol. The summed E-state index contributed by atoms with van der Waals surface area (Å²) in [6.07, 6.45) is 6.56. The molecule has 16 N–H and O–H groups in total. The molecule has 27 heteroatoms. The number of aromatic nitrogens is 4. The van der Waals surface area contributed by atoms with Crippen molar-refractivity contribution >= 4 is 67.2 Å². The molecule has 4 aromatic rings. The van der Waals surface area contributed by atoms with Gasteiger partial charge < -0.3 is 73.3 Å². The summed E-state index contributed by atoms with van der Waals surface area (Å²) >= 11 is 0. The van der Waals surface area contributed by atoms with Crippen LogP contribution in [-0.2, 0) is 38.1 Å². The Kier molecular flexibility index (Phi) is 26.5. The second-order valence-corrected chi connectivity index (χ2v) is 12.5. The third kappa shape index (κ3) is 23.2. The van der Waals surface area contributed by atoms with Gasteiger partial charge in [-0.1, -0.05) is 0 Å². The van der Waals surface area contributed by atoms with Crippen LogP contribution >= 0.6 is 0 Å². The van der Waals surface area contributed by atoms with Crippen molar-refractivity contribution in [2.75, 3.05) is 53.5 Å². The SMILES string of the molecule is COc1cc2[nH]c(=O)[nH]c(=O)c2cc1OC.COc1cc2[nH]c(=O)[nH]c(=O)c2cc1OC.CS(C)=O.CS(C)=O.N=C(N)/N=C(\[NH-])N.N=C(N)/N=C(\[NH-])N.[Ni+2]. The first-order chi connectivity index (χ1) is 25.0. The van der Waals surface area contributed by atoms with E-state index in [4.69, 9.17) is 41.2 Å². The Balaban J connectivity index is -0.000000645. The molecule has 2 aromatic heterocycles. The summed E-state index contributed by atoms with van der Waals surface area (Å²) in [5.41, 5.74) is 30.4. The summed E-state index contributed by atoms with van der Waals surface area (Å²) in [6.45, 7) is 0. The van der Waals surface area contributed by atoms with Crippen molar-refractivity contribution in [1.82, 2.24) is 19.9 Å². The first-order valence-corrected chi connectivity index (χ1v) is 18.0. The summed E-state index contributed by atoms with van der Waals surface area (Å²) in [7, 11) is 4.69. The van der Waals surface area contributed by atoms with Crippen molar-refractivity contribution in [3.63, 3.8) is 0 Å². The van der Waals surface area contributed by atoms with E-state index in [-0.39, 0.29) is 16.5 Å². The topological polar surface area (TPSA) is 427 Å². The Labute approximate surface area is 327 Å². The maximum Gasteiger partial charge on any atom is 2.00 e. The Bertz CT molecular complexity index is 2050. The zero-order valence-electron chi connectivity index (χ0n) is 30.7. The third-order valence-corrected chi connectivity index (χ3v) is 4.97. The Morgan fingerprint density at radius 3 is 1.00 bits per heavy atom. The Morgan fingerprint density at radius 1 is 0.582 bits per heavy atom. The number of nitrogens with one attached hydrogen (secondary N) is 8. The van der Waals surface area contributed by atoms with E-state index in [1.54, 1.807) is 37.2 Å². The van der Waals surface area contributed by atoms with Gasteiger partial charge in [0.25, 0.3) is 11.1 Å². The third-order valence-electron chi connectivity index (χ3n) is 4.97. The monoisotopic (exact) mass is 858 g/mol. The van der Waals surface area contributed by atoms with E-state index < -0.39 is 67.9 Å². The van der Waals surface area contributed by atoms with Crippen LogP contribution < -0.4 is 64.4 Å². The van der Waals surface area contributed by atoms with E-state index in [2.05, 4.69) is 52.9 Å². The van der Waals surface area contributed by atoms with Gasteiger partial charge in [0.2, 0.25) is 0 Å². The maximum atomic E-state index is 11.5.